The van der Waals surface area contributed by atoms with Gasteiger partial charge in [0.25, 0.3) is 0 Å². The summed E-state index contributed by atoms with van der Waals surface area (Å²) in [5.41, 5.74) is -0.240. The highest BCUT2D eigenvalue weighted by Gasteiger charge is 2.63. The number of carbonyl (C=O) groups excluding carboxylic acids is 1. The number of fused-ring (bicyclic) bond motifs is 2. The number of aliphatic hydroxyl groups is 3. The molecule has 3 unspecified atom stereocenters. The van der Waals surface area contributed by atoms with E-state index in [9.17, 15) is 20.1 Å². The lowest BCUT2D eigenvalue weighted by molar-refractivity contribution is -0.449. The summed E-state index contributed by atoms with van der Waals surface area (Å²) in [6.45, 7) is 7.75. The fraction of sp³-hybridized carbons (Fsp3) is 0.950. The maximum atomic E-state index is 12.5. The summed E-state index contributed by atoms with van der Waals surface area (Å²) in [7, 11) is 3.30. The quantitative estimate of drug-likeness (QED) is 0.239. The van der Waals surface area contributed by atoms with Gasteiger partial charge >= 0.3 is 0 Å². The van der Waals surface area contributed by atoms with Gasteiger partial charge in [0.05, 0.1) is 36.9 Å². The third-order valence-corrected chi connectivity index (χ3v) is 6.27. The second-order valence-corrected chi connectivity index (χ2v) is 9.78. The van der Waals surface area contributed by atoms with Crippen molar-refractivity contribution >= 4 is 5.91 Å². The van der Waals surface area contributed by atoms with Gasteiger partial charge in [0.15, 0.2) is 0 Å². The van der Waals surface area contributed by atoms with Crippen LogP contribution >= 0.6 is 0 Å². The third-order valence-electron chi connectivity index (χ3n) is 6.27. The van der Waals surface area contributed by atoms with Crippen LogP contribution in [0.3, 0.4) is 0 Å². The third kappa shape index (κ3) is 4.90. The standard InChI is InChI=1S/C20H38N4O7/c1-9-7-10(24-11(25)8-23-19(2,3)4)20(28)18(29-9)30-17-15(27)12(21-5)14(26)13(22-6)16(17)31-20/h9-10,12-18,21-23,26-28H,7-8H2,1-6H3,(H,24,25)/t9-,10-,12-,13+,14+,15-,16?,17?,18?,20+/m1/s1. The number of nitrogens with one attached hydrogen (secondary N) is 4. The summed E-state index contributed by atoms with van der Waals surface area (Å²) in [5, 5.41) is 44.8. The van der Waals surface area contributed by atoms with Crippen LogP contribution in [0.25, 0.3) is 0 Å². The molecule has 7 N–H and O–H groups in total. The van der Waals surface area contributed by atoms with Crippen molar-refractivity contribution in [3.63, 3.8) is 0 Å². The summed E-state index contributed by atoms with van der Waals surface area (Å²) in [6.07, 6.45) is -5.04. The van der Waals surface area contributed by atoms with E-state index < -0.39 is 54.6 Å². The van der Waals surface area contributed by atoms with Gasteiger partial charge in [0, 0.05) is 5.54 Å². The Morgan fingerprint density at radius 2 is 1.71 bits per heavy atom. The Hall–Kier alpha value is -0.890. The first kappa shape index (κ1) is 24.7. The Labute approximate surface area is 183 Å². The van der Waals surface area contributed by atoms with Gasteiger partial charge in [0.1, 0.15) is 18.3 Å². The van der Waals surface area contributed by atoms with E-state index in [0.717, 1.165) is 0 Å². The van der Waals surface area contributed by atoms with Gasteiger partial charge in [-0.2, -0.15) is 0 Å². The first-order chi connectivity index (χ1) is 14.4. The van der Waals surface area contributed by atoms with Crippen LogP contribution in [0.15, 0.2) is 0 Å². The maximum absolute atomic E-state index is 12.5. The van der Waals surface area contributed by atoms with E-state index in [1.807, 2.05) is 27.7 Å². The van der Waals surface area contributed by atoms with Gasteiger partial charge in [-0.15, -0.1) is 0 Å². The zero-order chi connectivity index (χ0) is 23.1. The van der Waals surface area contributed by atoms with Crippen LogP contribution in [0, 0.1) is 0 Å². The minimum absolute atomic E-state index is 0.0727. The molecule has 3 fully saturated rings. The molecule has 0 bridgehead atoms. The van der Waals surface area contributed by atoms with Gasteiger partial charge < -0.3 is 50.8 Å². The highest BCUT2D eigenvalue weighted by molar-refractivity contribution is 5.78. The Balaban J connectivity index is 1.81. The fourth-order valence-corrected chi connectivity index (χ4v) is 4.61. The minimum Gasteiger partial charge on any atom is -0.390 e. The van der Waals surface area contributed by atoms with Crippen LogP contribution in [0.2, 0.25) is 0 Å². The molecule has 2 heterocycles. The van der Waals surface area contributed by atoms with E-state index >= 15 is 0 Å². The van der Waals surface area contributed by atoms with Gasteiger partial charge in [0.2, 0.25) is 18.0 Å². The van der Waals surface area contributed by atoms with Crippen molar-refractivity contribution in [1.29, 1.82) is 0 Å². The summed E-state index contributed by atoms with van der Waals surface area (Å²) in [4.78, 5) is 12.5. The average Bonchev–Trinajstić information content (AvgIpc) is 2.67. The maximum Gasteiger partial charge on any atom is 0.239 e. The smallest absolute Gasteiger partial charge is 0.239 e. The van der Waals surface area contributed by atoms with Crippen LogP contribution in [0.4, 0.5) is 0 Å². The van der Waals surface area contributed by atoms with Crippen LogP contribution in [-0.4, -0.2) is 108 Å². The molecule has 180 valence electrons. The molecule has 0 aromatic heterocycles. The number of aliphatic hydroxyl groups excluding tert-OH is 2. The van der Waals surface area contributed by atoms with Gasteiger partial charge in [-0.05, 0) is 48.2 Å². The van der Waals surface area contributed by atoms with E-state index in [2.05, 4.69) is 21.3 Å². The zero-order valence-corrected chi connectivity index (χ0v) is 19.1. The number of ether oxygens (including phenoxy) is 3. The lowest BCUT2D eigenvalue weighted by Crippen LogP contribution is -2.79. The highest BCUT2D eigenvalue weighted by atomic mass is 16.8. The second kappa shape index (κ2) is 9.16. The topological polar surface area (TPSA) is 154 Å². The molecule has 11 nitrogen and oxygen atoms in total. The Kier molecular flexibility index (Phi) is 7.31. The number of likely N-dealkylation sites (N-methyl/N-ethyl adjacent to an activating group) is 2. The normalized spacial score (nSPS) is 45.5. The highest BCUT2D eigenvalue weighted by Crippen LogP contribution is 2.41. The van der Waals surface area contributed by atoms with E-state index in [4.69, 9.17) is 14.2 Å². The molecule has 31 heavy (non-hydrogen) atoms. The molecule has 3 rings (SSSR count). The molecule has 1 aliphatic carbocycles. The lowest BCUT2D eigenvalue weighted by Gasteiger charge is -2.58. The van der Waals surface area contributed by atoms with Gasteiger partial charge in [-0.1, -0.05) is 0 Å². The van der Waals surface area contributed by atoms with Crippen molar-refractivity contribution in [1.82, 2.24) is 21.3 Å². The van der Waals surface area contributed by atoms with E-state index in [-0.39, 0.29) is 24.1 Å². The monoisotopic (exact) mass is 446 g/mol. The molecule has 3 aliphatic rings. The van der Waals surface area contributed by atoms with Gasteiger partial charge in [-0.3, -0.25) is 4.79 Å². The van der Waals surface area contributed by atoms with Crippen molar-refractivity contribution in [3.8, 4) is 0 Å². The number of rotatable bonds is 5. The second-order valence-electron chi connectivity index (χ2n) is 9.78. The Bertz CT molecular complexity index is 648. The molecule has 0 spiro atoms. The van der Waals surface area contributed by atoms with Crippen molar-refractivity contribution in [2.24, 2.45) is 0 Å². The lowest BCUT2D eigenvalue weighted by atomic mass is 9.79. The molecule has 1 saturated carbocycles. The van der Waals surface area contributed by atoms with Crippen LogP contribution in [-0.2, 0) is 19.0 Å². The Morgan fingerprint density at radius 1 is 1.06 bits per heavy atom. The van der Waals surface area contributed by atoms with Crippen LogP contribution in [0.1, 0.15) is 34.1 Å². The summed E-state index contributed by atoms with van der Waals surface area (Å²) >= 11 is 0. The molecule has 2 saturated heterocycles. The van der Waals surface area contributed by atoms with Crippen molar-refractivity contribution in [2.75, 3.05) is 20.6 Å². The van der Waals surface area contributed by atoms with Gasteiger partial charge in [-0.25, -0.2) is 0 Å². The molecule has 0 radical (unpaired) electrons. The number of carbonyl (C=O) groups is 1. The number of amides is 1. The zero-order valence-electron chi connectivity index (χ0n) is 19.1. The molecule has 0 aromatic carbocycles. The molecule has 0 aromatic rings. The number of hydrogen-bond acceptors (Lipinski definition) is 10. The minimum atomic E-state index is -1.98. The van der Waals surface area contributed by atoms with E-state index in [1.165, 1.54) is 0 Å². The first-order valence-electron chi connectivity index (χ1n) is 10.9. The fourth-order valence-electron chi connectivity index (χ4n) is 4.61. The summed E-state index contributed by atoms with van der Waals surface area (Å²) in [6, 6.07) is -2.09. The van der Waals surface area contributed by atoms with E-state index in [1.54, 1.807) is 14.1 Å². The van der Waals surface area contributed by atoms with Crippen molar-refractivity contribution in [2.45, 2.75) is 100 Å². The predicted octanol–water partition coefficient (Wildman–Crippen LogP) is -2.62. The molecule has 1 amide bonds. The first-order valence-corrected chi connectivity index (χ1v) is 10.9. The SMILES string of the molecule is CN[C@@H]1[C@H](O)[C@H](NC)C2O[C@]3(O)C(OC2[C@@H]1O)O[C@H](C)C[C@H]3NC(=O)CNC(C)(C)C. The largest absolute Gasteiger partial charge is 0.390 e. The van der Waals surface area contributed by atoms with Crippen molar-refractivity contribution in [3.05, 3.63) is 0 Å². The van der Waals surface area contributed by atoms with Crippen molar-refractivity contribution < 1.29 is 34.3 Å². The predicted molar refractivity (Wildman–Crippen MR) is 111 cm³/mol. The molecular formula is C20H38N4O7. The number of hydrogen-bond donors (Lipinski definition) is 7. The van der Waals surface area contributed by atoms with Crippen LogP contribution < -0.4 is 21.3 Å². The summed E-state index contributed by atoms with van der Waals surface area (Å²) in [5.74, 6) is -2.28. The molecule has 10 atom stereocenters. The average molecular weight is 447 g/mol. The molecular weight excluding hydrogens is 408 g/mol. The Morgan fingerprint density at radius 3 is 2.29 bits per heavy atom. The van der Waals surface area contributed by atoms with E-state index in [0.29, 0.717) is 6.42 Å². The molecule has 2 aliphatic heterocycles. The summed E-state index contributed by atoms with van der Waals surface area (Å²) < 4.78 is 17.9. The van der Waals surface area contributed by atoms with Crippen LogP contribution in [0.5, 0.6) is 0 Å². The molecule has 11 heteroatoms.